The van der Waals surface area contributed by atoms with Crippen LogP contribution in [0.2, 0.25) is 15.1 Å². The summed E-state index contributed by atoms with van der Waals surface area (Å²) in [5, 5.41) is 4.47. The third-order valence-corrected chi connectivity index (χ3v) is 4.30. The molecule has 1 nitrogen and oxygen atoms in total. The minimum atomic E-state index is -0.337. The third kappa shape index (κ3) is 3.51. The van der Waals surface area contributed by atoms with Gasteiger partial charge >= 0.3 is 0 Å². The molecule has 0 heterocycles. The zero-order valence-corrected chi connectivity index (χ0v) is 13.4. The summed E-state index contributed by atoms with van der Waals surface area (Å²) >= 11 is 18.2. The van der Waals surface area contributed by atoms with E-state index in [9.17, 15) is 4.39 Å². The number of benzene rings is 2. The zero-order valence-electron chi connectivity index (χ0n) is 11.1. The van der Waals surface area contributed by atoms with Crippen LogP contribution in [0.1, 0.15) is 18.4 Å². The molecule has 21 heavy (non-hydrogen) atoms. The second-order valence-electron chi connectivity index (χ2n) is 5.21. The van der Waals surface area contributed by atoms with Gasteiger partial charge in [-0.15, -0.1) is 0 Å². The smallest absolute Gasteiger partial charge is 0.131 e. The van der Waals surface area contributed by atoms with Gasteiger partial charge in [0, 0.05) is 28.7 Å². The van der Waals surface area contributed by atoms with Gasteiger partial charge in [0.15, 0.2) is 0 Å². The van der Waals surface area contributed by atoms with E-state index in [0.29, 0.717) is 38.8 Å². The number of rotatable bonds is 4. The summed E-state index contributed by atoms with van der Waals surface area (Å²) in [5.74, 6) is -0.337. The van der Waals surface area contributed by atoms with Gasteiger partial charge in [0.1, 0.15) is 5.82 Å². The van der Waals surface area contributed by atoms with E-state index in [1.54, 1.807) is 18.2 Å². The maximum Gasteiger partial charge on any atom is 0.131 e. The Morgan fingerprint density at radius 3 is 2.29 bits per heavy atom. The summed E-state index contributed by atoms with van der Waals surface area (Å²) in [7, 11) is 0. The van der Waals surface area contributed by atoms with E-state index in [1.807, 2.05) is 6.07 Å². The molecular formula is C16H13Cl3FN. The highest BCUT2D eigenvalue weighted by atomic mass is 35.5. The Bertz CT molecular complexity index is 660. The van der Waals surface area contributed by atoms with Gasteiger partial charge in [-0.3, -0.25) is 0 Å². The van der Waals surface area contributed by atoms with Gasteiger partial charge in [-0.05, 0) is 36.6 Å². The standard InChI is InChI=1S/C16H13Cl3FN/c17-10-6-13(18)16(14(19)7-10)12-4-1-9(5-15(12)20)8-21-11-2-3-11/h1,4-7,11,21H,2-3,8H2. The van der Waals surface area contributed by atoms with Crippen molar-refractivity contribution in [1.82, 2.24) is 5.32 Å². The molecule has 0 amide bonds. The van der Waals surface area contributed by atoms with Crippen LogP contribution in [0.15, 0.2) is 30.3 Å². The van der Waals surface area contributed by atoms with Crippen LogP contribution in [0.5, 0.6) is 0 Å². The normalized spacial score (nSPS) is 14.5. The molecule has 0 aromatic heterocycles. The third-order valence-electron chi connectivity index (χ3n) is 3.48. The molecule has 1 saturated carbocycles. The first kappa shape index (κ1) is 15.1. The highest BCUT2D eigenvalue weighted by Gasteiger charge is 2.20. The van der Waals surface area contributed by atoms with E-state index in [4.69, 9.17) is 34.8 Å². The lowest BCUT2D eigenvalue weighted by Gasteiger charge is -2.11. The maximum atomic E-state index is 14.4. The Balaban J connectivity index is 1.91. The molecule has 3 rings (SSSR count). The quantitative estimate of drug-likeness (QED) is 0.749. The van der Waals surface area contributed by atoms with Crippen LogP contribution in [-0.2, 0) is 6.54 Å². The average molecular weight is 345 g/mol. The first-order valence-corrected chi connectivity index (χ1v) is 7.84. The fraction of sp³-hybridized carbons (Fsp3) is 0.250. The molecule has 5 heteroatoms. The fourth-order valence-corrected chi connectivity index (χ4v) is 3.24. The second-order valence-corrected chi connectivity index (χ2v) is 6.46. The second kappa shape index (κ2) is 6.13. The van der Waals surface area contributed by atoms with Crippen molar-refractivity contribution < 1.29 is 4.39 Å². The van der Waals surface area contributed by atoms with Crippen molar-refractivity contribution in [1.29, 1.82) is 0 Å². The van der Waals surface area contributed by atoms with Crippen molar-refractivity contribution in [3.63, 3.8) is 0 Å². The summed E-state index contributed by atoms with van der Waals surface area (Å²) in [6.07, 6.45) is 2.41. The minimum absolute atomic E-state index is 0.337. The van der Waals surface area contributed by atoms with Crippen LogP contribution in [0, 0.1) is 5.82 Å². The molecule has 0 spiro atoms. The minimum Gasteiger partial charge on any atom is -0.310 e. The van der Waals surface area contributed by atoms with E-state index in [1.165, 1.54) is 18.9 Å². The van der Waals surface area contributed by atoms with Crippen molar-refractivity contribution in [3.05, 3.63) is 56.8 Å². The van der Waals surface area contributed by atoms with Crippen molar-refractivity contribution >= 4 is 34.8 Å². The molecule has 0 aliphatic heterocycles. The Labute approximate surface area is 138 Å². The first-order valence-electron chi connectivity index (χ1n) is 6.71. The van der Waals surface area contributed by atoms with Crippen LogP contribution in [0.4, 0.5) is 4.39 Å². The molecule has 0 saturated heterocycles. The lowest BCUT2D eigenvalue weighted by atomic mass is 10.0. The molecular weight excluding hydrogens is 332 g/mol. The molecule has 0 bridgehead atoms. The van der Waals surface area contributed by atoms with Crippen molar-refractivity contribution in [2.24, 2.45) is 0 Å². The van der Waals surface area contributed by atoms with Gasteiger partial charge in [0.05, 0.1) is 10.0 Å². The monoisotopic (exact) mass is 343 g/mol. The highest BCUT2D eigenvalue weighted by Crippen LogP contribution is 2.38. The van der Waals surface area contributed by atoms with E-state index in [0.717, 1.165) is 5.56 Å². The van der Waals surface area contributed by atoms with Gasteiger partial charge in [-0.2, -0.15) is 0 Å². The summed E-state index contributed by atoms with van der Waals surface area (Å²) in [6, 6.07) is 8.83. The SMILES string of the molecule is Fc1cc(CNC2CC2)ccc1-c1c(Cl)cc(Cl)cc1Cl. The van der Waals surface area contributed by atoms with Crippen LogP contribution in [0.3, 0.4) is 0 Å². The predicted octanol–water partition coefficient (Wildman–Crippen LogP) is 5.70. The van der Waals surface area contributed by atoms with E-state index >= 15 is 0 Å². The van der Waals surface area contributed by atoms with Gasteiger partial charge < -0.3 is 5.32 Å². The van der Waals surface area contributed by atoms with Crippen molar-refractivity contribution in [2.45, 2.75) is 25.4 Å². The van der Waals surface area contributed by atoms with Crippen LogP contribution in [-0.4, -0.2) is 6.04 Å². The number of nitrogens with one attached hydrogen (secondary N) is 1. The molecule has 0 radical (unpaired) electrons. The summed E-state index contributed by atoms with van der Waals surface area (Å²) in [6.45, 7) is 0.671. The van der Waals surface area contributed by atoms with Gasteiger partial charge in [-0.25, -0.2) is 4.39 Å². The van der Waals surface area contributed by atoms with Crippen LogP contribution < -0.4 is 5.32 Å². The molecule has 0 unspecified atom stereocenters. The summed E-state index contributed by atoms with van der Waals surface area (Å²) in [5.41, 5.74) is 1.77. The van der Waals surface area contributed by atoms with E-state index in [2.05, 4.69) is 5.32 Å². The van der Waals surface area contributed by atoms with Gasteiger partial charge in [0.2, 0.25) is 0 Å². The molecule has 1 fully saturated rings. The summed E-state index contributed by atoms with van der Waals surface area (Å²) < 4.78 is 14.4. The predicted molar refractivity (Wildman–Crippen MR) is 86.7 cm³/mol. The highest BCUT2D eigenvalue weighted by molar-refractivity contribution is 6.41. The van der Waals surface area contributed by atoms with Crippen LogP contribution >= 0.6 is 34.8 Å². The Hall–Kier alpha value is -0.800. The van der Waals surface area contributed by atoms with Crippen LogP contribution in [0.25, 0.3) is 11.1 Å². The number of hydrogen-bond donors (Lipinski definition) is 1. The zero-order chi connectivity index (χ0) is 15.0. The fourth-order valence-electron chi connectivity index (χ4n) is 2.22. The maximum absolute atomic E-state index is 14.4. The van der Waals surface area contributed by atoms with Crippen molar-refractivity contribution in [2.75, 3.05) is 0 Å². The number of halogens is 4. The van der Waals surface area contributed by atoms with E-state index in [-0.39, 0.29) is 5.82 Å². The van der Waals surface area contributed by atoms with Crippen molar-refractivity contribution in [3.8, 4) is 11.1 Å². The lowest BCUT2D eigenvalue weighted by molar-refractivity contribution is 0.623. The largest absolute Gasteiger partial charge is 0.310 e. The van der Waals surface area contributed by atoms with E-state index < -0.39 is 0 Å². The van der Waals surface area contributed by atoms with Gasteiger partial charge in [-0.1, -0.05) is 46.9 Å². The summed E-state index contributed by atoms with van der Waals surface area (Å²) in [4.78, 5) is 0. The molecule has 0 atom stereocenters. The number of hydrogen-bond acceptors (Lipinski definition) is 1. The molecule has 2 aromatic carbocycles. The topological polar surface area (TPSA) is 12.0 Å². The molecule has 1 aliphatic carbocycles. The molecule has 1 N–H and O–H groups in total. The molecule has 1 aliphatic rings. The Morgan fingerprint density at radius 2 is 1.71 bits per heavy atom. The molecule has 110 valence electrons. The Kier molecular flexibility index (Phi) is 4.41. The average Bonchev–Trinajstić information content (AvgIpc) is 3.21. The first-order chi connectivity index (χ1) is 10.0. The lowest BCUT2D eigenvalue weighted by Crippen LogP contribution is -2.15. The Morgan fingerprint density at radius 1 is 1.05 bits per heavy atom. The molecule has 2 aromatic rings. The van der Waals surface area contributed by atoms with Gasteiger partial charge in [0.25, 0.3) is 0 Å².